The highest BCUT2D eigenvalue weighted by molar-refractivity contribution is 5.98. The maximum atomic E-state index is 12.9. The number of carbonyl (C=O) groups is 2. The van der Waals surface area contributed by atoms with Crippen LogP contribution in [0.1, 0.15) is 51.3 Å². The molecule has 5 rings (SSSR count). The van der Waals surface area contributed by atoms with Crippen LogP contribution in [0, 0.1) is 5.41 Å². The largest absolute Gasteiger partial charge is 0.507 e. The summed E-state index contributed by atoms with van der Waals surface area (Å²) in [6, 6.07) is 13.0. The van der Waals surface area contributed by atoms with Crippen LogP contribution in [-0.4, -0.2) is 55.8 Å². The van der Waals surface area contributed by atoms with Gasteiger partial charge in [0.2, 0.25) is 5.91 Å². The van der Waals surface area contributed by atoms with Gasteiger partial charge in [0, 0.05) is 23.2 Å². The van der Waals surface area contributed by atoms with Gasteiger partial charge in [-0.05, 0) is 88.2 Å². The van der Waals surface area contributed by atoms with Crippen molar-refractivity contribution in [2.45, 2.75) is 64.6 Å². The molecule has 4 aromatic rings. The molecule has 0 aliphatic carbocycles. The Morgan fingerprint density at radius 2 is 1.73 bits per heavy atom. The molecule has 2 heterocycles. The number of phenols is 2. The summed E-state index contributed by atoms with van der Waals surface area (Å²) >= 11 is 0. The van der Waals surface area contributed by atoms with Crippen LogP contribution in [0.5, 0.6) is 11.5 Å². The summed E-state index contributed by atoms with van der Waals surface area (Å²) in [4.78, 5) is 33.1. The monoisotopic (exact) mass is 636 g/mol. The lowest BCUT2D eigenvalue weighted by Crippen LogP contribution is -2.39. The third-order valence-corrected chi connectivity index (χ3v) is 7.88. The summed E-state index contributed by atoms with van der Waals surface area (Å²) in [5, 5.41) is 33.1. The second-order valence-corrected chi connectivity index (χ2v) is 12.0. The number of imidazole rings is 1. The van der Waals surface area contributed by atoms with E-state index >= 15 is 0 Å². The molecule has 1 aliphatic heterocycles. The summed E-state index contributed by atoms with van der Waals surface area (Å²) < 4.78 is 11.4. The molecule has 1 aromatic heterocycles. The Morgan fingerprint density at radius 1 is 1.04 bits per heavy atom. The first-order chi connectivity index (χ1) is 20.6. The topological polar surface area (TPSA) is 210 Å². The number of amides is 2. The van der Waals surface area contributed by atoms with E-state index in [0.29, 0.717) is 33.5 Å². The molecule has 0 radical (unpaired) electrons. The third-order valence-electron chi connectivity index (χ3n) is 7.88. The molecular weight excluding hydrogens is 600 g/mol. The zero-order valence-corrected chi connectivity index (χ0v) is 26.3. The summed E-state index contributed by atoms with van der Waals surface area (Å²) in [5.74, 6) is -1.95. The van der Waals surface area contributed by atoms with Gasteiger partial charge in [-0.25, -0.2) is 4.98 Å². The number of ether oxygens (including phenoxy) is 2. The number of nitrogens with one attached hydrogen (secondary N) is 3. The first-order valence-electron chi connectivity index (χ1n) is 14.0. The van der Waals surface area contributed by atoms with Gasteiger partial charge in [-0.3, -0.25) is 15.0 Å². The van der Waals surface area contributed by atoms with E-state index in [0.717, 1.165) is 0 Å². The fourth-order valence-corrected chi connectivity index (χ4v) is 5.23. The van der Waals surface area contributed by atoms with Gasteiger partial charge in [-0.15, -0.1) is 12.4 Å². The maximum Gasteiger partial charge on any atom is 0.252 e. The summed E-state index contributed by atoms with van der Waals surface area (Å²) in [5.41, 5.74) is 13.8. The molecule has 238 valence electrons. The predicted octanol–water partition coefficient (Wildman–Crippen LogP) is 3.93. The standard InChI is InChI=1S/C32H36N6O6.ClH/c1-15-26(44-32(4,5)43-15)29(41)36-14-16-6-9-24(39)19(10-16)20-12-18(31(2,3)30(35)42)13-21(25(20)40)28-37-22-8-7-17(27(33)34)11-23(22)38-28;/h6-13,15,26,39-40H,14H2,1-5H3,(H3,33,34)(H2,35,42)(H,36,41)(H,37,38);1H/t15-,26+;/m1./s1. The van der Waals surface area contributed by atoms with Gasteiger partial charge in [-0.1, -0.05) is 6.07 Å². The zero-order valence-electron chi connectivity index (χ0n) is 25.5. The SMILES string of the molecule is C[C@H]1OC(C)(C)O[C@@H]1C(=O)NCc1ccc(O)c(-c2cc(C(C)(C)C(N)=O)cc(-c3nc4ccc(C(=N)N)cc4[nH]3)c2O)c1.Cl. The van der Waals surface area contributed by atoms with E-state index in [1.807, 2.05) is 0 Å². The number of amidine groups is 1. The van der Waals surface area contributed by atoms with Crippen LogP contribution in [0.4, 0.5) is 0 Å². The molecule has 1 aliphatic rings. The molecule has 0 spiro atoms. The van der Waals surface area contributed by atoms with Crippen molar-refractivity contribution in [3.05, 3.63) is 65.2 Å². The van der Waals surface area contributed by atoms with Crippen molar-refractivity contribution in [3.63, 3.8) is 0 Å². The number of nitrogen functional groups attached to an aromatic ring is 1. The Hall–Kier alpha value is -4.65. The average Bonchev–Trinajstić information content (AvgIpc) is 3.50. The van der Waals surface area contributed by atoms with E-state index in [4.69, 9.17) is 26.4 Å². The van der Waals surface area contributed by atoms with Crippen LogP contribution in [-0.2, 0) is 31.0 Å². The molecule has 1 saturated heterocycles. The van der Waals surface area contributed by atoms with Crippen LogP contribution in [0.15, 0.2) is 48.5 Å². The van der Waals surface area contributed by atoms with Crippen LogP contribution in [0.25, 0.3) is 33.5 Å². The maximum absolute atomic E-state index is 12.9. The minimum absolute atomic E-state index is 0. The highest BCUT2D eigenvalue weighted by Crippen LogP contribution is 2.44. The lowest BCUT2D eigenvalue weighted by molar-refractivity contribution is -0.155. The third kappa shape index (κ3) is 6.44. The van der Waals surface area contributed by atoms with Gasteiger partial charge in [0.05, 0.1) is 28.1 Å². The molecule has 1 fully saturated rings. The minimum Gasteiger partial charge on any atom is -0.507 e. The number of fused-ring (bicyclic) bond motifs is 1. The fraction of sp³-hybridized carbons (Fsp3) is 0.312. The van der Waals surface area contributed by atoms with Gasteiger partial charge < -0.3 is 41.5 Å². The molecule has 2 atom stereocenters. The number of rotatable bonds is 8. The van der Waals surface area contributed by atoms with Gasteiger partial charge in [0.25, 0.3) is 5.91 Å². The highest BCUT2D eigenvalue weighted by Gasteiger charge is 2.42. The normalized spacial score (nSPS) is 17.5. The fourth-order valence-electron chi connectivity index (χ4n) is 5.23. The number of aromatic hydroxyl groups is 2. The molecule has 45 heavy (non-hydrogen) atoms. The van der Waals surface area contributed by atoms with Crippen molar-refractivity contribution in [2.24, 2.45) is 11.5 Å². The first-order valence-corrected chi connectivity index (χ1v) is 14.0. The Kier molecular flexibility index (Phi) is 8.89. The number of hydrogen-bond acceptors (Lipinski definition) is 8. The Balaban J connectivity index is 0.00000461. The van der Waals surface area contributed by atoms with E-state index in [-0.39, 0.29) is 58.9 Å². The van der Waals surface area contributed by atoms with E-state index in [1.165, 1.54) is 6.07 Å². The highest BCUT2D eigenvalue weighted by atomic mass is 35.5. The molecule has 0 saturated carbocycles. The molecule has 9 N–H and O–H groups in total. The number of aromatic nitrogens is 2. The summed E-state index contributed by atoms with van der Waals surface area (Å²) in [6.07, 6.45) is -1.21. The van der Waals surface area contributed by atoms with Crippen LogP contribution < -0.4 is 16.8 Å². The predicted molar refractivity (Wildman–Crippen MR) is 172 cm³/mol. The number of aromatic amines is 1. The number of H-pyrrole nitrogens is 1. The van der Waals surface area contributed by atoms with Gasteiger partial charge in [0.15, 0.2) is 11.9 Å². The first kappa shape index (κ1) is 33.2. The summed E-state index contributed by atoms with van der Waals surface area (Å²) in [6.45, 7) is 8.69. The molecule has 0 bridgehead atoms. The molecular formula is C32H37ClN6O6. The lowest BCUT2D eigenvalue weighted by atomic mass is 9.81. The van der Waals surface area contributed by atoms with Crippen molar-refractivity contribution in [1.82, 2.24) is 15.3 Å². The summed E-state index contributed by atoms with van der Waals surface area (Å²) in [7, 11) is 0. The Labute approximate surface area is 266 Å². The lowest BCUT2D eigenvalue weighted by Gasteiger charge is -2.24. The molecule has 13 heteroatoms. The Bertz CT molecular complexity index is 1820. The Morgan fingerprint density at radius 3 is 2.36 bits per heavy atom. The van der Waals surface area contributed by atoms with E-state index < -0.39 is 29.3 Å². The molecule has 3 aromatic carbocycles. The van der Waals surface area contributed by atoms with E-state index in [9.17, 15) is 19.8 Å². The van der Waals surface area contributed by atoms with Crippen molar-refractivity contribution in [1.29, 1.82) is 5.41 Å². The number of phenolic OH excluding ortho intramolecular Hbond substituents is 2. The van der Waals surface area contributed by atoms with Gasteiger partial charge in [0.1, 0.15) is 23.2 Å². The van der Waals surface area contributed by atoms with Crippen molar-refractivity contribution in [2.75, 3.05) is 0 Å². The molecule has 12 nitrogen and oxygen atoms in total. The quantitative estimate of drug-likeness (QED) is 0.111. The van der Waals surface area contributed by atoms with Gasteiger partial charge in [-0.2, -0.15) is 0 Å². The average molecular weight is 637 g/mol. The number of nitrogens with zero attached hydrogens (tertiary/aromatic N) is 1. The van der Waals surface area contributed by atoms with Crippen LogP contribution >= 0.6 is 12.4 Å². The number of primary amides is 1. The molecule has 2 amide bonds. The van der Waals surface area contributed by atoms with E-state index in [1.54, 1.807) is 77.1 Å². The van der Waals surface area contributed by atoms with Crippen molar-refractivity contribution in [3.8, 4) is 34.0 Å². The number of carbonyl (C=O) groups excluding carboxylic acids is 2. The van der Waals surface area contributed by atoms with Crippen molar-refractivity contribution >= 4 is 41.1 Å². The number of hydrogen-bond donors (Lipinski definition) is 7. The molecule has 0 unspecified atom stereocenters. The second kappa shape index (κ2) is 12.0. The number of nitrogens with two attached hydrogens (primary N) is 2. The number of halogens is 1. The van der Waals surface area contributed by atoms with E-state index in [2.05, 4.69) is 15.3 Å². The number of benzene rings is 3. The van der Waals surface area contributed by atoms with Crippen LogP contribution in [0.3, 0.4) is 0 Å². The van der Waals surface area contributed by atoms with Crippen LogP contribution in [0.2, 0.25) is 0 Å². The second-order valence-electron chi connectivity index (χ2n) is 12.0. The zero-order chi connectivity index (χ0) is 32.1. The van der Waals surface area contributed by atoms with Crippen molar-refractivity contribution < 1.29 is 29.3 Å². The minimum atomic E-state index is -1.15. The van der Waals surface area contributed by atoms with Gasteiger partial charge >= 0.3 is 0 Å². The smallest absolute Gasteiger partial charge is 0.252 e.